The van der Waals surface area contributed by atoms with Crippen LogP contribution in [0, 0.1) is 0 Å². The molecule has 0 saturated heterocycles. The van der Waals surface area contributed by atoms with E-state index in [1.165, 1.54) is 0 Å². The van der Waals surface area contributed by atoms with Gasteiger partial charge in [0.2, 0.25) is 0 Å². The molecule has 0 bridgehead atoms. The van der Waals surface area contributed by atoms with Gasteiger partial charge < -0.3 is 9.64 Å². The normalized spacial score (nSPS) is 10.3. The van der Waals surface area contributed by atoms with Crippen LogP contribution in [-0.2, 0) is 6.54 Å². The van der Waals surface area contributed by atoms with Gasteiger partial charge in [-0.15, -0.1) is 11.3 Å². The van der Waals surface area contributed by atoms with Gasteiger partial charge in [0.25, 0.3) is 5.91 Å². The molecule has 0 unspecified atom stereocenters. The number of hydrogen-bond acceptors (Lipinski definition) is 3. The van der Waals surface area contributed by atoms with Crippen molar-refractivity contribution in [3.05, 3.63) is 50.6 Å². The second-order valence-corrected chi connectivity index (χ2v) is 6.64. The van der Waals surface area contributed by atoms with E-state index in [9.17, 15) is 4.79 Å². The maximum absolute atomic E-state index is 12.5. The smallest absolute Gasteiger partial charge is 0.257 e. The first-order chi connectivity index (χ1) is 9.61. The summed E-state index contributed by atoms with van der Waals surface area (Å²) in [5, 5.41) is 2.04. The summed E-state index contributed by atoms with van der Waals surface area (Å²) in [4.78, 5) is 14.2. The Bertz CT molecular complexity index is 597. The molecule has 0 aliphatic carbocycles. The number of carbonyl (C=O) groups excluding carboxylic acids is 1. The van der Waals surface area contributed by atoms with E-state index in [0.717, 1.165) is 9.35 Å². The van der Waals surface area contributed by atoms with Crippen LogP contribution in [0.3, 0.4) is 0 Å². The van der Waals surface area contributed by atoms with Crippen LogP contribution in [0.25, 0.3) is 0 Å². The third-order valence-corrected chi connectivity index (χ3v) is 4.36. The third-order valence-electron chi connectivity index (χ3n) is 2.81. The molecule has 1 heterocycles. The lowest BCUT2D eigenvalue weighted by molar-refractivity contribution is 0.0781. The predicted octanol–water partition coefficient (Wildman–Crippen LogP) is 4.18. The van der Waals surface area contributed by atoms with Crippen LogP contribution in [0.1, 0.15) is 22.8 Å². The zero-order valence-corrected chi connectivity index (χ0v) is 13.8. The summed E-state index contributed by atoms with van der Waals surface area (Å²) in [5.41, 5.74) is 1.72. The number of hydrogen-bond donors (Lipinski definition) is 0. The molecule has 1 aromatic heterocycles. The standard InChI is InChI=1S/C15H16BrNO2S/c1-3-19-13-7-5-4-6-12(13)15(18)17(2)9-11-8-14(16)20-10-11/h4-8,10H,3,9H2,1-2H3. The summed E-state index contributed by atoms with van der Waals surface area (Å²) in [6.45, 7) is 3.04. The molecule has 0 N–H and O–H groups in total. The average Bonchev–Trinajstić information content (AvgIpc) is 2.84. The fourth-order valence-electron chi connectivity index (χ4n) is 1.90. The molecule has 1 amide bonds. The Kier molecular flexibility index (Phi) is 5.20. The molecule has 2 rings (SSSR count). The summed E-state index contributed by atoms with van der Waals surface area (Å²) in [5.74, 6) is 0.606. The summed E-state index contributed by atoms with van der Waals surface area (Å²) >= 11 is 5.05. The van der Waals surface area contributed by atoms with Crippen molar-refractivity contribution in [1.82, 2.24) is 4.90 Å². The van der Waals surface area contributed by atoms with Gasteiger partial charge in [0.05, 0.1) is 16.0 Å². The second kappa shape index (κ2) is 6.90. The summed E-state index contributed by atoms with van der Waals surface area (Å²) in [6.07, 6.45) is 0. The van der Waals surface area contributed by atoms with Gasteiger partial charge in [0.1, 0.15) is 5.75 Å². The van der Waals surface area contributed by atoms with Crippen LogP contribution in [0.4, 0.5) is 0 Å². The number of thiophene rings is 1. The molecule has 0 radical (unpaired) electrons. The molecule has 1 aromatic carbocycles. The molecule has 20 heavy (non-hydrogen) atoms. The molecule has 0 atom stereocenters. The number of carbonyl (C=O) groups is 1. The maximum Gasteiger partial charge on any atom is 0.257 e. The quantitative estimate of drug-likeness (QED) is 0.806. The fourth-order valence-corrected chi connectivity index (χ4v) is 3.11. The number of halogens is 1. The van der Waals surface area contributed by atoms with E-state index < -0.39 is 0 Å². The Morgan fingerprint density at radius 2 is 2.15 bits per heavy atom. The lowest BCUT2D eigenvalue weighted by Crippen LogP contribution is -2.26. The Labute approximate surface area is 131 Å². The van der Waals surface area contributed by atoms with E-state index in [4.69, 9.17) is 4.74 Å². The zero-order valence-electron chi connectivity index (χ0n) is 11.4. The topological polar surface area (TPSA) is 29.5 Å². The van der Waals surface area contributed by atoms with Crippen molar-refractivity contribution >= 4 is 33.2 Å². The van der Waals surface area contributed by atoms with Crippen LogP contribution in [0.2, 0.25) is 0 Å². The van der Waals surface area contributed by atoms with Gasteiger partial charge in [0.15, 0.2) is 0 Å². The second-order valence-electron chi connectivity index (χ2n) is 4.35. The SMILES string of the molecule is CCOc1ccccc1C(=O)N(C)Cc1csc(Br)c1. The largest absolute Gasteiger partial charge is 0.493 e. The zero-order chi connectivity index (χ0) is 14.5. The lowest BCUT2D eigenvalue weighted by atomic mass is 10.1. The van der Waals surface area contributed by atoms with E-state index in [2.05, 4.69) is 15.9 Å². The van der Waals surface area contributed by atoms with Crippen molar-refractivity contribution in [2.45, 2.75) is 13.5 Å². The molecular formula is C15H16BrNO2S. The lowest BCUT2D eigenvalue weighted by Gasteiger charge is -2.18. The highest BCUT2D eigenvalue weighted by Gasteiger charge is 2.16. The Hall–Kier alpha value is -1.33. The van der Waals surface area contributed by atoms with Crippen LogP contribution in [0.5, 0.6) is 5.75 Å². The number of benzene rings is 1. The highest BCUT2D eigenvalue weighted by molar-refractivity contribution is 9.11. The number of ether oxygens (including phenoxy) is 1. The first-order valence-electron chi connectivity index (χ1n) is 6.32. The fraction of sp³-hybridized carbons (Fsp3) is 0.267. The van der Waals surface area contributed by atoms with Crippen molar-refractivity contribution in [3.63, 3.8) is 0 Å². The Morgan fingerprint density at radius 3 is 2.80 bits per heavy atom. The summed E-state index contributed by atoms with van der Waals surface area (Å²) < 4.78 is 6.58. The minimum Gasteiger partial charge on any atom is -0.493 e. The van der Waals surface area contributed by atoms with Gasteiger partial charge in [-0.05, 0) is 52.0 Å². The first kappa shape index (κ1) is 15.1. The van der Waals surface area contributed by atoms with Gasteiger partial charge >= 0.3 is 0 Å². The minimum absolute atomic E-state index is 0.0311. The predicted molar refractivity (Wildman–Crippen MR) is 85.4 cm³/mol. The van der Waals surface area contributed by atoms with E-state index >= 15 is 0 Å². The van der Waals surface area contributed by atoms with E-state index in [1.807, 2.05) is 36.6 Å². The molecule has 0 saturated carbocycles. The molecular weight excluding hydrogens is 338 g/mol. The van der Waals surface area contributed by atoms with Crippen LogP contribution < -0.4 is 4.74 Å². The molecule has 0 aliphatic rings. The van der Waals surface area contributed by atoms with Crippen molar-refractivity contribution < 1.29 is 9.53 Å². The van der Waals surface area contributed by atoms with Crippen molar-refractivity contribution in [2.24, 2.45) is 0 Å². The molecule has 0 aliphatic heterocycles. The van der Waals surface area contributed by atoms with Crippen molar-refractivity contribution in [3.8, 4) is 5.75 Å². The Balaban J connectivity index is 2.14. The molecule has 2 aromatic rings. The molecule has 106 valence electrons. The maximum atomic E-state index is 12.5. The minimum atomic E-state index is -0.0311. The highest BCUT2D eigenvalue weighted by Crippen LogP contribution is 2.23. The van der Waals surface area contributed by atoms with E-state index in [0.29, 0.717) is 24.5 Å². The number of nitrogens with zero attached hydrogens (tertiary/aromatic N) is 1. The van der Waals surface area contributed by atoms with E-state index in [1.54, 1.807) is 29.4 Å². The molecule has 5 heteroatoms. The van der Waals surface area contributed by atoms with E-state index in [-0.39, 0.29) is 5.91 Å². The summed E-state index contributed by atoms with van der Waals surface area (Å²) in [6, 6.07) is 9.38. The van der Waals surface area contributed by atoms with Crippen molar-refractivity contribution in [1.29, 1.82) is 0 Å². The molecule has 0 spiro atoms. The summed E-state index contributed by atoms with van der Waals surface area (Å²) in [7, 11) is 1.80. The Morgan fingerprint density at radius 1 is 1.40 bits per heavy atom. The van der Waals surface area contributed by atoms with Gasteiger partial charge in [-0.2, -0.15) is 0 Å². The van der Waals surface area contributed by atoms with Crippen molar-refractivity contribution in [2.75, 3.05) is 13.7 Å². The average molecular weight is 354 g/mol. The van der Waals surface area contributed by atoms with Crippen LogP contribution in [-0.4, -0.2) is 24.5 Å². The van der Waals surface area contributed by atoms with Crippen LogP contribution >= 0.6 is 27.3 Å². The van der Waals surface area contributed by atoms with Gasteiger partial charge in [-0.3, -0.25) is 4.79 Å². The molecule has 0 fully saturated rings. The van der Waals surface area contributed by atoms with Gasteiger partial charge in [-0.25, -0.2) is 0 Å². The molecule has 3 nitrogen and oxygen atoms in total. The van der Waals surface area contributed by atoms with Gasteiger partial charge in [-0.1, -0.05) is 12.1 Å². The third kappa shape index (κ3) is 3.61. The number of para-hydroxylation sites is 1. The van der Waals surface area contributed by atoms with Crippen LogP contribution in [0.15, 0.2) is 39.5 Å². The highest BCUT2D eigenvalue weighted by atomic mass is 79.9. The van der Waals surface area contributed by atoms with Gasteiger partial charge in [0, 0.05) is 13.6 Å². The first-order valence-corrected chi connectivity index (χ1v) is 7.99. The number of rotatable bonds is 5. The number of amides is 1. The monoisotopic (exact) mass is 353 g/mol.